The molecule has 0 fully saturated rings. The maximum Gasteiger partial charge on any atom is 0.335 e. The molecule has 0 radical (unpaired) electrons. The van der Waals surface area contributed by atoms with Crippen molar-refractivity contribution >= 4 is 17.6 Å². The first kappa shape index (κ1) is 25.1. The molecule has 1 N–H and O–H groups in total. The van der Waals surface area contributed by atoms with Gasteiger partial charge in [-0.3, -0.25) is 4.79 Å². The molecule has 0 amide bonds. The lowest BCUT2D eigenvalue weighted by atomic mass is 9.82. The number of hydrogen-bond acceptors (Lipinski definition) is 4. The molecule has 0 saturated carbocycles. The van der Waals surface area contributed by atoms with Crippen LogP contribution in [0, 0.1) is 11.8 Å². The van der Waals surface area contributed by atoms with Crippen LogP contribution in [-0.2, 0) is 7.05 Å². The van der Waals surface area contributed by atoms with Crippen LogP contribution in [0.5, 0.6) is 0 Å². The Labute approximate surface area is 213 Å². The molecular weight excluding hydrogens is 476 g/mol. The highest BCUT2D eigenvalue weighted by atomic mass is 35.5. The SMILES string of the molecule is Cc1cc(Cl)ccc1[C@H](CC(N=O)c1ccc(=O)n(C)c1)c1ccc(-c2ccc(C(=O)O)cc2)cc1. The van der Waals surface area contributed by atoms with Gasteiger partial charge >= 0.3 is 5.97 Å². The van der Waals surface area contributed by atoms with Crippen LogP contribution in [0.1, 0.15) is 51.0 Å². The molecule has 1 aromatic heterocycles. The molecule has 36 heavy (non-hydrogen) atoms. The van der Waals surface area contributed by atoms with E-state index >= 15 is 0 Å². The zero-order valence-electron chi connectivity index (χ0n) is 19.9. The van der Waals surface area contributed by atoms with E-state index in [0.717, 1.165) is 27.8 Å². The van der Waals surface area contributed by atoms with Gasteiger partial charge in [0.1, 0.15) is 6.04 Å². The molecule has 4 aromatic rings. The molecule has 6 nitrogen and oxygen atoms in total. The Morgan fingerprint density at radius 2 is 1.56 bits per heavy atom. The van der Waals surface area contributed by atoms with Gasteiger partial charge in [0, 0.05) is 30.3 Å². The molecular formula is C29H25ClN2O4. The van der Waals surface area contributed by atoms with Gasteiger partial charge in [0.05, 0.1) is 5.56 Å². The Hall–Kier alpha value is -4.03. The highest BCUT2D eigenvalue weighted by molar-refractivity contribution is 6.30. The van der Waals surface area contributed by atoms with Crippen LogP contribution in [0.3, 0.4) is 0 Å². The second-order valence-electron chi connectivity index (χ2n) is 8.83. The molecule has 0 aliphatic heterocycles. The second kappa shape index (κ2) is 10.7. The van der Waals surface area contributed by atoms with E-state index < -0.39 is 12.0 Å². The van der Waals surface area contributed by atoms with Crippen molar-refractivity contribution < 1.29 is 9.90 Å². The van der Waals surface area contributed by atoms with Gasteiger partial charge in [0.15, 0.2) is 0 Å². The summed E-state index contributed by atoms with van der Waals surface area (Å²) in [5, 5.41) is 13.2. The van der Waals surface area contributed by atoms with Crippen molar-refractivity contribution in [2.75, 3.05) is 0 Å². The molecule has 7 heteroatoms. The van der Waals surface area contributed by atoms with Crippen LogP contribution < -0.4 is 5.56 Å². The lowest BCUT2D eigenvalue weighted by Gasteiger charge is -2.23. The Morgan fingerprint density at radius 1 is 0.944 bits per heavy atom. The Kier molecular flexibility index (Phi) is 7.46. The van der Waals surface area contributed by atoms with Crippen molar-refractivity contribution in [3.63, 3.8) is 0 Å². The summed E-state index contributed by atoms with van der Waals surface area (Å²) < 4.78 is 1.44. The first-order valence-electron chi connectivity index (χ1n) is 11.5. The maximum atomic E-state index is 12.0. The van der Waals surface area contributed by atoms with Crippen molar-refractivity contribution in [1.29, 1.82) is 0 Å². The largest absolute Gasteiger partial charge is 0.478 e. The Bertz CT molecular complexity index is 1460. The zero-order valence-corrected chi connectivity index (χ0v) is 20.6. The number of carboxylic acids is 1. The van der Waals surface area contributed by atoms with E-state index in [0.29, 0.717) is 17.0 Å². The minimum Gasteiger partial charge on any atom is -0.478 e. The van der Waals surface area contributed by atoms with Crippen molar-refractivity contribution in [3.8, 4) is 11.1 Å². The van der Waals surface area contributed by atoms with Gasteiger partial charge < -0.3 is 9.67 Å². The van der Waals surface area contributed by atoms with Crippen LogP contribution in [-0.4, -0.2) is 15.6 Å². The normalized spacial score (nSPS) is 12.6. The Balaban J connectivity index is 1.71. The van der Waals surface area contributed by atoms with Crippen molar-refractivity contribution in [3.05, 3.63) is 133 Å². The van der Waals surface area contributed by atoms with Gasteiger partial charge in [-0.05, 0) is 77.1 Å². The Morgan fingerprint density at radius 3 is 2.11 bits per heavy atom. The van der Waals surface area contributed by atoms with Crippen LogP contribution in [0.2, 0.25) is 5.02 Å². The minimum atomic E-state index is -0.963. The van der Waals surface area contributed by atoms with Crippen LogP contribution >= 0.6 is 11.6 Å². The van der Waals surface area contributed by atoms with Crippen LogP contribution in [0.15, 0.2) is 95.0 Å². The highest BCUT2D eigenvalue weighted by Gasteiger charge is 2.24. The summed E-state index contributed by atoms with van der Waals surface area (Å²) in [6.07, 6.45) is 2.07. The van der Waals surface area contributed by atoms with E-state index in [1.54, 1.807) is 43.6 Å². The van der Waals surface area contributed by atoms with Gasteiger partial charge in [-0.25, -0.2) is 4.79 Å². The molecule has 2 atom stereocenters. The molecule has 3 aromatic carbocycles. The first-order valence-corrected chi connectivity index (χ1v) is 11.8. The number of nitroso groups, excluding NO2 is 1. The van der Waals surface area contributed by atoms with Gasteiger partial charge in [-0.15, -0.1) is 0 Å². The fourth-order valence-electron chi connectivity index (χ4n) is 4.46. The number of carboxylic acid groups (broad SMARTS) is 1. The third kappa shape index (κ3) is 5.44. The summed E-state index contributed by atoms with van der Waals surface area (Å²) in [7, 11) is 1.65. The van der Waals surface area contributed by atoms with Gasteiger partial charge in [-0.1, -0.05) is 59.2 Å². The number of hydrogen-bond donors (Lipinski definition) is 1. The number of aromatic carboxylic acids is 1. The monoisotopic (exact) mass is 500 g/mol. The summed E-state index contributed by atoms with van der Waals surface area (Å²) in [5.74, 6) is -1.11. The van der Waals surface area contributed by atoms with E-state index in [2.05, 4.69) is 5.18 Å². The lowest BCUT2D eigenvalue weighted by Crippen LogP contribution is -2.16. The summed E-state index contributed by atoms with van der Waals surface area (Å²) in [5.41, 5.74) is 5.67. The molecule has 1 unspecified atom stereocenters. The van der Waals surface area contributed by atoms with Crippen molar-refractivity contribution in [2.24, 2.45) is 12.2 Å². The summed E-state index contributed by atoms with van der Waals surface area (Å²) in [4.78, 5) is 34.9. The number of pyridine rings is 1. The number of carbonyl (C=O) groups is 1. The lowest BCUT2D eigenvalue weighted by molar-refractivity contribution is 0.0697. The molecule has 0 saturated heterocycles. The van der Waals surface area contributed by atoms with Crippen molar-refractivity contribution in [2.45, 2.75) is 25.3 Å². The van der Waals surface area contributed by atoms with Gasteiger partial charge in [0.25, 0.3) is 0 Å². The third-order valence-electron chi connectivity index (χ3n) is 6.47. The maximum absolute atomic E-state index is 12.0. The molecule has 182 valence electrons. The van der Waals surface area contributed by atoms with Gasteiger partial charge in [-0.2, -0.15) is 4.91 Å². The number of aryl methyl sites for hydroxylation is 2. The highest BCUT2D eigenvalue weighted by Crippen LogP contribution is 2.38. The minimum absolute atomic E-state index is 0.148. The standard InChI is InChI=1S/C29H25ClN2O4/c1-18-15-24(30)12-13-25(18)26(16-27(31-36)23-11-14-28(33)32(2)17-23)21-7-3-19(4-8-21)20-5-9-22(10-6-20)29(34)35/h3-15,17,26-27H,16H2,1-2H3,(H,34,35)/t26-,27?/m1/s1. The summed E-state index contributed by atoms with van der Waals surface area (Å²) in [6.45, 7) is 1.99. The summed E-state index contributed by atoms with van der Waals surface area (Å²) in [6, 6.07) is 22.9. The molecule has 4 rings (SSSR count). The topological polar surface area (TPSA) is 88.7 Å². The number of aromatic nitrogens is 1. The average Bonchev–Trinajstić information content (AvgIpc) is 2.87. The van der Waals surface area contributed by atoms with E-state index in [-0.39, 0.29) is 17.0 Å². The van der Waals surface area contributed by atoms with Crippen LogP contribution in [0.25, 0.3) is 11.1 Å². The fraction of sp³-hybridized carbons (Fsp3) is 0.172. The number of nitrogens with zero attached hydrogens (tertiary/aromatic N) is 2. The van der Waals surface area contributed by atoms with E-state index in [1.165, 1.54) is 10.6 Å². The average molecular weight is 501 g/mol. The molecule has 0 bridgehead atoms. The zero-order chi connectivity index (χ0) is 25.8. The van der Waals surface area contributed by atoms with Gasteiger partial charge in [0.2, 0.25) is 5.56 Å². The molecule has 0 aliphatic carbocycles. The third-order valence-corrected chi connectivity index (χ3v) is 6.70. The smallest absolute Gasteiger partial charge is 0.335 e. The molecule has 0 aliphatic rings. The molecule has 1 heterocycles. The fourth-order valence-corrected chi connectivity index (χ4v) is 4.69. The van der Waals surface area contributed by atoms with E-state index in [1.807, 2.05) is 49.4 Å². The van der Waals surface area contributed by atoms with Crippen molar-refractivity contribution in [1.82, 2.24) is 4.57 Å². The number of halogens is 1. The van der Waals surface area contributed by atoms with E-state index in [9.17, 15) is 14.5 Å². The van der Waals surface area contributed by atoms with E-state index in [4.69, 9.17) is 16.7 Å². The predicted molar refractivity (Wildman–Crippen MR) is 142 cm³/mol. The summed E-state index contributed by atoms with van der Waals surface area (Å²) >= 11 is 6.21. The number of rotatable bonds is 8. The number of benzene rings is 3. The molecule has 0 spiro atoms. The first-order chi connectivity index (χ1) is 17.3. The quantitative estimate of drug-likeness (QED) is 0.271. The second-order valence-corrected chi connectivity index (χ2v) is 9.26. The van der Waals surface area contributed by atoms with Crippen LogP contribution in [0.4, 0.5) is 0 Å². The predicted octanol–water partition coefficient (Wildman–Crippen LogP) is 6.74.